The molecular formula is C22H19FN4O. The molecule has 1 aliphatic carbocycles. The third kappa shape index (κ3) is 2.56. The summed E-state index contributed by atoms with van der Waals surface area (Å²) in [4.78, 5) is 17.5. The minimum absolute atomic E-state index is 0.0422. The van der Waals surface area contributed by atoms with Gasteiger partial charge < -0.3 is 5.32 Å². The van der Waals surface area contributed by atoms with E-state index in [9.17, 15) is 9.18 Å². The molecule has 0 fully saturated rings. The Kier molecular flexibility index (Phi) is 3.86. The zero-order valence-electron chi connectivity index (χ0n) is 15.4. The fourth-order valence-corrected chi connectivity index (χ4v) is 4.08. The lowest BCUT2D eigenvalue weighted by Gasteiger charge is -2.32. The number of allylic oxidation sites excluding steroid dienone is 2. The summed E-state index contributed by atoms with van der Waals surface area (Å²) in [7, 11) is 0. The molecule has 0 saturated heterocycles. The van der Waals surface area contributed by atoms with Gasteiger partial charge in [0, 0.05) is 28.8 Å². The van der Waals surface area contributed by atoms with E-state index in [0.717, 1.165) is 29.7 Å². The van der Waals surface area contributed by atoms with Crippen LogP contribution >= 0.6 is 0 Å². The summed E-state index contributed by atoms with van der Waals surface area (Å²) in [6, 6.07) is 13.8. The maximum Gasteiger partial charge on any atom is 0.226 e. The van der Waals surface area contributed by atoms with E-state index in [1.165, 1.54) is 6.07 Å². The number of nitrogens with one attached hydrogen (secondary N) is 1. The topological polar surface area (TPSA) is 59.8 Å². The zero-order chi connectivity index (χ0) is 19.3. The predicted molar refractivity (Wildman–Crippen MR) is 104 cm³/mol. The Labute approximate surface area is 161 Å². The Morgan fingerprint density at radius 3 is 2.71 bits per heavy atom. The molecule has 0 bridgehead atoms. The van der Waals surface area contributed by atoms with Crippen LogP contribution in [0.25, 0.3) is 11.4 Å². The zero-order valence-corrected chi connectivity index (χ0v) is 15.4. The first-order valence-corrected chi connectivity index (χ1v) is 9.43. The molecule has 5 nitrogen and oxygen atoms in total. The molecule has 2 heterocycles. The number of fused-ring (bicyclic) bond motifs is 1. The van der Waals surface area contributed by atoms with Crippen molar-refractivity contribution in [3.8, 4) is 11.4 Å². The van der Waals surface area contributed by atoms with Crippen molar-refractivity contribution in [3.05, 3.63) is 76.7 Å². The van der Waals surface area contributed by atoms with Crippen molar-refractivity contribution >= 4 is 11.7 Å². The lowest BCUT2D eigenvalue weighted by atomic mass is 9.85. The minimum Gasteiger partial charge on any atom is -0.328 e. The summed E-state index contributed by atoms with van der Waals surface area (Å²) in [5.41, 5.74) is 3.85. The number of aromatic nitrogens is 3. The molecule has 1 atom stereocenters. The largest absolute Gasteiger partial charge is 0.328 e. The Bertz CT molecular complexity index is 1130. The first-order valence-electron chi connectivity index (χ1n) is 9.43. The summed E-state index contributed by atoms with van der Waals surface area (Å²) >= 11 is 0. The first kappa shape index (κ1) is 16.9. The van der Waals surface area contributed by atoms with Gasteiger partial charge in [-0.2, -0.15) is 4.98 Å². The fraction of sp³-hybridized carbons (Fsp3) is 0.227. The molecule has 6 heteroatoms. The Balaban J connectivity index is 1.72. The van der Waals surface area contributed by atoms with E-state index in [2.05, 4.69) is 10.3 Å². The van der Waals surface area contributed by atoms with E-state index in [1.54, 1.807) is 22.9 Å². The summed E-state index contributed by atoms with van der Waals surface area (Å²) in [6.07, 6.45) is 2.01. The van der Waals surface area contributed by atoms with Crippen molar-refractivity contribution in [2.45, 2.75) is 32.2 Å². The number of hydrogen-bond donors (Lipinski definition) is 1. The van der Waals surface area contributed by atoms with Crippen LogP contribution in [0, 0.1) is 12.7 Å². The first-order chi connectivity index (χ1) is 13.6. The summed E-state index contributed by atoms with van der Waals surface area (Å²) in [6.45, 7) is 2.00. The highest BCUT2D eigenvalue weighted by Crippen LogP contribution is 2.41. The monoisotopic (exact) mass is 374 g/mol. The summed E-state index contributed by atoms with van der Waals surface area (Å²) < 4.78 is 16.4. The van der Waals surface area contributed by atoms with E-state index in [4.69, 9.17) is 5.10 Å². The second-order valence-corrected chi connectivity index (χ2v) is 7.24. The number of anilines is 1. The lowest BCUT2D eigenvalue weighted by molar-refractivity contribution is -0.116. The number of nitrogens with zero attached hydrogens (tertiary/aromatic N) is 3. The Morgan fingerprint density at radius 1 is 1.11 bits per heavy atom. The third-order valence-electron chi connectivity index (χ3n) is 5.45. The number of carbonyl (C=O) groups excluding carboxylic acids is 1. The molecule has 5 rings (SSSR count). The van der Waals surface area contributed by atoms with Crippen LogP contribution in [-0.4, -0.2) is 20.5 Å². The molecule has 1 aliphatic heterocycles. The van der Waals surface area contributed by atoms with Gasteiger partial charge in [-0.05, 0) is 31.4 Å². The van der Waals surface area contributed by atoms with Crippen LogP contribution in [-0.2, 0) is 4.79 Å². The Hall–Kier alpha value is -3.28. The minimum atomic E-state index is -0.606. The second-order valence-electron chi connectivity index (χ2n) is 7.24. The van der Waals surface area contributed by atoms with E-state index in [1.807, 2.05) is 31.2 Å². The van der Waals surface area contributed by atoms with Gasteiger partial charge in [0.1, 0.15) is 11.9 Å². The van der Waals surface area contributed by atoms with Crippen LogP contribution in [0.4, 0.5) is 10.3 Å². The molecule has 1 N–H and O–H groups in total. The van der Waals surface area contributed by atoms with E-state index in [0.29, 0.717) is 29.3 Å². The molecule has 2 aliphatic rings. The number of halogens is 1. The molecule has 28 heavy (non-hydrogen) atoms. The van der Waals surface area contributed by atoms with Crippen LogP contribution in [0.2, 0.25) is 0 Å². The quantitative estimate of drug-likeness (QED) is 0.722. The molecule has 0 saturated carbocycles. The van der Waals surface area contributed by atoms with Crippen molar-refractivity contribution in [3.63, 3.8) is 0 Å². The molecule has 140 valence electrons. The number of hydrogen-bond acceptors (Lipinski definition) is 4. The van der Waals surface area contributed by atoms with Gasteiger partial charge in [-0.3, -0.25) is 4.79 Å². The molecule has 0 spiro atoms. The third-order valence-corrected chi connectivity index (χ3v) is 5.45. The van der Waals surface area contributed by atoms with Crippen LogP contribution in [0.1, 0.15) is 36.4 Å². The number of rotatable bonds is 2. The Morgan fingerprint density at radius 2 is 1.89 bits per heavy atom. The molecular weight excluding hydrogens is 355 g/mol. The lowest BCUT2D eigenvalue weighted by Crippen LogP contribution is -2.32. The number of carbonyl (C=O) groups is 1. The maximum atomic E-state index is 14.7. The molecule has 0 amide bonds. The second kappa shape index (κ2) is 6.41. The smallest absolute Gasteiger partial charge is 0.226 e. The van der Waals surface area contributed by atoms with Crippen molar-refractivity contribution in [1.82, 2.24) is 14.8 Å². The SMILES string of the molecule is Cc1ccccc1-c1nc2n(n1)C(c1ccccc1F)C1=C(CCCC1=O)N2. The number of Topliss-reactive ketones (excluding diaryl/α,β-unsaturated/α-hetero) is 1. The van der Waals surface area contributed by atoms with Gasteiger partial charge in [-0.1, -0.05) is 42.5 Å². The highest BCUT2D eigenvalue weighted by atomic mass is 19.1. The molecule has 3 aromatic rings. The summed E-state index contributed by atoms with van der Waals surface area (Å²) in [5.74, 6) is 0.799. The van der Waals surface area contributed by atoms with Crippen LogP contribution in [0.3, 0.4) is 0 Å². The average molecular weight is 374 g/mol. The van der Waals surface area contributed by atoms with E-state index >= 15 is 0 Å². The fourth-order valence-electron chi connectivity index (χ4n) is 4.08. The molecule has 1 unspecified atom stereocenters. The van der Waals surface area contributed by atoms with Crippen molar-refractivity contribution in [2.75, 3.05) is 5.32 Å². The van der Waals surface area contributed by atoms with Crippen LogP contribution in [0.15, 0.2) is 59.8 Å². The van der Waals surface area contributed by atoms with Crippen molar-refractivity contribution < 1.29 is 9.18 Å². The molecule has 2 aromatic carbocycles. The van der Waals surface area contributed by atoms with Gasteiger partial charge in [0.25, 0.3) is 0 Å². The predicted octanol–water partition coefficient (Wildman–Crippen LogP) is 4.41. The highest BCUT2D eigenvalue weighted by Gasteiger charge is 2.38. The van der Waals surface area contributed by atoms with E-state index < -0.39 is 6.04 Å². The number of ketones is 1. The van der Waals surface area contributed by atoms with Crippen LogP contribution in [0.5, 0.6) is 0 Å². The van der Waals surface area contributed by atoms with Crippen molar-refractivity contribution in [1.29, 1.82) is 0 Å². The highest BCUT2D eigenvalue weighted by molar-refractivity contribution is 5.99. The van der Waals surface area contributed by atoms with E-state index in [-0.39, 0.29) is 11.6 Å². The van der Waals surface area contributed by atoms with Gasteiger partial charge in [-0.15, -0.1) is 5.10 Å². The average Bonchev–Trinajstić information content (AvgIpc) is 3.11. The number of benzene rings is 2. The number of aryl methyl sites for hydroxylation is 1. The van der Waals surface area contributed by atoms with Crippen LogP contribution < -0.4 is 5.32 Å². The molecule has 1 aromatic heterocycles. The standard InChI is InChI=1S/C22H19FN4O/c1-13-7-2-3-8-14(13)21-25-22-24-17-11-6-12-18(28)19(17)20(27(22)26-21)15-9-4-5-10-16(15)23/h2-5,7-10,20H,6,11-12H2,1H3,(H,24,25,26). The molecule has 0 radical (unpaired) electrons. The van der Waals surface area contributed by atoms with Gasteiger partial charge in [0.15, 0.2) is 11.6 Å². The summed E-state index contributed by atoms with van der Waals surface area (Å²) in [5, 5.41) is 7.98. The van der Waals surface area contributed by atoms with Gasteiger partial charge in [0.05, 0.1) is 0 Å². The van der Waals surface area contributed by atoms with Gasteiger partial charge in [0.2, 0.25) is 5.95 Å². The van der Waals surface area contributed by atoms with Gasteiger partial charge in [-0.25, -0.2) is 9.07 Å². The van der Waals surface area contributed by atoms with Crippen molar-refractivity contribution in [2.24, 2.45) is 0 Å². The maximum absolute atomic E-state index is 14.7. The van der Waals surface area contributed by atoms with Gasteiger partial charge >= 0.3 is 0 Å². The normalized spacial score (nSPS) is 18.5.